The van der Waals surface area contributed by atoms with Gasteiger partial charge in [0.2, 0.25) is 0 Å². The van der Waals surface area contributed by atoms with Crippen LogP contribution < -0.4 is 0 Å². The number of pyridine rings is 1. The number of rotatable bonds is 5. The Kier molecular flexibility index (Phi) is 5.73. The summed E-state index contributed by atoms with van der Waals surface area (Å²) in [6.07, 6.45) is 5.89. The van der Waals surface area contributed by atoms with Gasteiger partial charge >= 0.3 is 0 Å². The van der Waals surface area contributed by atoms with Crippen molar-refractivity contribution < 1.29 is 9.90 Å². The molecule has 0 atom stereocenters. The smallest absolute Gasteiger partial charge is 0.145 e. The zero-order valence-corrected chi connectivity index (χ0v) is 10.4. The molecule has 2 aromatic heterocycles. The Bertz CT molecular complexity index is 520. The minimum atomic E-state index is 0.634. The standard InChI is InChI=1S/C12H13N3O.CH4O/c1-10(9-16)4-3-7-15-12-5-2-6-13-11(12)8-14-15;1-2/h2,5-6,8-9H,1,3-4,7H2;2H,1H3. The van der Waals surface area contributed by atoms with Crippen LogP contribution in [0.5, 0.6) is 0 Å². The second-order valence-corrected chi connectivity index (χ2v) is 3.66. The van der Waals surface area contributed by atoms with Gasteiger partial charge in [-0.1, -0.05) is 6.58 Å². The third-order valence-electron chi connectivity index (χ3n) is 2.45. The van der Waals surface area contributed by atoms with E-state index in [0.717, 1.165) is 37.4 Å². The van der Waals surface area contributed by atoms with Gasteiger partial charge in [-0.25, -0.2) is 0 Å². The molecule has 5 heteroatoms. The molecule has 2 aromatic rings. The van der Waals surface area contributed by atoms with Gasteiger partial charge in [-0.3, -0.25) is 14.5 Å². The number of aldehydes is 1. The molecular weight excluding hydrogens is 230 g/mol. The first-order valence-corrected chi connectivity index (χ1v) is 5.65. The molecule has 0 saturated carbocycles. The maximum Gasteiger partial charge on any atom is 0.145 e. The number of aromatic nitrogens is 3. The van der Waals surface area contributed by atoms with Crippen LogP contribution in [0, 0.1) is 0 Å². The molecule has 0 aromatic carbocycles. The third-order valence-corrected chi connectivity index (χ3v) is 2.45. The van der Waals surface area contributed by atoms with Gasteiger partial charge in [-0.05, 0) is 30.5 Å². The summed E-state index contributed by atoms with van der Waals surface area (Å²) in [5.41, 5.74) is 2.56. The summed E-state index contributed by atoms with van der Waals surface area (Å²) < 4.78 is 1.90. The molecule has 0 fully saturated rings. The maximum atomic E-state index is 10.4. The molecule has 0 bridgehead atoms. The molecule has 18 heavy (non-hydrogen) atoms. The fourth-order valence-electron chi connectivity index (χ4n) is 1.61. The highest BCUT2D eigenvalue weighted by molar-refractivity contribution is 5.73. The second kappa shape index (κ2) is 7.34. The van der Waals surface area contributed by atoms with Crippen LogP contribution in [0.15, 0.2) is 36.7 Å². The zero-order valence-electron chi connectivity index (χ0n) is 10.4. The number of allylic oxidation sites excluding steroid dienone is 1. The van der Waals surface area contributed by atoms with Crippen molar-refractivity contribution in [1.29, 1.82) is 0 Å². The van der Waals surface area contributed by atoms with E-state index in [9.17, 15) is 4.79 Å². The van der Waals surface area contributed by atoms with Gasteiger partial charge in [0.1, 0.15) is 11.8 Å². The minimum Gasteiger partial charge on any atom is -0.400 e. The quantitative estimate of drug-likeness (QED) is 0.643. The van der Waals surface area contributed by atoms with E-state index >= 15 is 0 Å². The van der Waals surface area contributed by atoms with Crippen LogP contribution in [0.4, 0.5) is 0 Å². The van der Waals surface area contributed by atoms with Gasteiger partial charge in [0, 0.05) is 19.9 Å². The Morgan fingerprint density at radius 2 is 2.33 bits per heavy atom. The monoisotopic (exact) mass is 247 g/mol. The summed E-state index contributed by atoms with van der Waals surface area (Å²) in [6.45, 7) is 4.42. The zero-order chi connectivity index (χ0) is 13.4. The molecule has 5 nitrogen and oxygen atoms in total. The molecule has 0 aliphatic carbocycles. The number of aliphatic hydroxyl groups excluding tert-OH is 1. The first-order valence-electron chi connectivity index (χ1n) is 5.65. The van der Waals surface area contributed by atoms with Gasteiger partial charge < -0.3 is 5.11 Å². The average molecular weight is 247 g/mol. The molecule has 96 valence electrons. The normalized spacial score (nSPS) is 9.67. The Labute approximate surface area is 106 Å². The van der Waals surface area contributed by atoms with Crippen LogP contribution >= 0.6 is 0 Å². The molecular formula is C13H17N3O2. The lowest BCUT2D eigenvalue weighted by Crippen LogP contribution is -2.00. The van der Waals surface area contributed by atoms with E-state index in [1.165, 1.54) is 0 Å². The van der Waals surface area contributed by atoms with Crippen LogP contribution in [0.3, 0.4) is 0 Å². The first kappa shape index (κ1) is 14.1. The Morgan fingerprint density at radius 1 is 1.56 bits per heavy atom. The van der Waals surface area contributed by atoms with Crippen LogP contribution in [0.25, 0.3) is 11.0 Å². The number of nitrogens with zero attached hydrogens (tertiary/aromatic N) is 3. The van der Waals surface area contributed by atoms with Crippen molar-refractivity contribution in [3.05, 3.63) is 36.7 Å². The van der Waals surface area contributed by atoms with Gasteiger partial charge in [-0.2, -0.15) is 5.10 Å². The summed E-state index contributed by atoms with van der Waals surface area (Å²) >= 11 is 0. The van der Waals surface area contributed by atoms with Crippen LogP contribution in [-0.2, 0) is 11.3 Å². The van der Waals surface area contributed by atoms with Gasteiger partial charge in [0.25, 0.3) is 0 Å². The Morgan fingerprint density at radius 3 is 3.06 bits per heavy atom. The average Bonchev–Trinajstić information content (AvgIpc) is 2.84. The highest BCUT2D eigenvalue weighted by Gasteiger charge is 2.02. The lowest BCUT2D eigenvalue weighted by molar-refractivity contribution is -0.105. The molecule has 0 unspecified atom stereocenters. The molecule has 2 heterocycles. The van der Waals surface area contributed by atoms with E-state index in [1.807, 2.05) is 16.8 Å². The van der Waals surface area contributed by atoms with Crippen molar-refractivity contribution in [2.45, 2.75) is 19.4 Å². The molecule has 2 rings (SSSR count). The fraction of sp³-hybridized carbons (Fsp3) is 0.308. The van der Waals surface area contributed by atoms with Gasteiger partial charge in [0.05, 0.1) is 11.7 Å². The maximum absolute atomic E-state index is 10.4. The number of hydrogen-bond donors (Lipinski definition) is 1. The third kappa shape index (κ3) is 3.49. The summed E-state index contributed by atoms with van der Waals surface area (Å²) in [7, 11) is 1.00. The van der Waals surface area contributed by atoms with Crippen molar-refractivity contribution in [1.82, 2.24) is 14.8 Å². The topological polar surface area (TPSA) is 68.0 Å². The minimum absolute atomic E-state index is 0.634. The van der Waals surface area contributed by atoms with Crippen LogP contribution in [0.2, 0.25) is 0 Å². The fourth-order valence-corrected chi connectivity index (χ4v) is 1.61. The van der Waals surface area contributed by atoms with E-state index in [1.54, 1.807) is 12.4 Å². The predicted molar refractivity (Wildman–Crippen MR) is 70.1 cm³/mol. The van der Waals surface area contributed by atoms with E-state index < -0.39 is 0 Å². The summed E-state index contributed by atoms with van der Waals surface area (Å²) in [4.78, 5) is 14.6. The number of fused-ring (bicyclic) bond motifs is 1. The largest absolute Gasteiger partial charge is 0.400 e. The van der Waals surface area contributed by atoms with Crippen molar-refractivity contribution in [2.75, 3.05) is 7.11 Å². The number of hydrogen-bond acceptors (Lipinski definition) is 4. The van der Waals surface area contributed by atoms with E-state index in [-0.39, 0.29) is 0 Å². The molecule has 0 aliphatic heterocycles. The van der Waals surface area contributed by atoms with Gasteiger partial charge in [0.15, 0.2) is 0 Å². The number of carbonyl (C=O) groups excluding carboxylic acids is 1. The Balaban J connectivity index is 0.000000771. The number of aliphatic hydroxyl groups is 1. The number of carbonyl (C=O) groups is 1. The first-order chi connectivity index (χ1) is 8.81. The molecule has 0 spiro atoms. The van der Waals surface area contributed by atoms with Crippen molar-refractivity contribution in [3.63, 3.8) is 0 Å². The van der Waals surface area contributed by atoms with E-state index in [2.05, 4.69) is 16.7 Å². The Hall–Kier alpha value is -2.01. The molecule has 1 N–H and O–H groups in total. The molecule has 0 aliphatic rings. The van der Waals surface area contributed by atoms with Crippen molar-refractivity contribution in [2.24, 2.45) is 0 Å². The van der Waals surface area contributed by atoms with Gasteiger partial charge in [-0.15, -0.1) is 0 Å². The molecule has 0 radical (unpaired) electrons. The highest BCUT2D eigenvalue weighted by Crippen LogP contribution is 2.11. The highest BCUT2D eigenvalue weighted by atomic mass is 16.2. The van der Waals surface area contributed by atoms with Crippen LogP contribution in [0.1, 0.15) is 12.8 Å². The second-order valence-electron chi connectivity index (χ2n) is 3.66. The van der Waals surface area contributed by atoms with E-state index in [0.29, 0.717) is 12.0 Å². The summed E-state index contributed by atoms with van der Waals surface area (Å²) in [5.74, 6) is 0. The molecule has 0 saturated heterocycles. The summed E-state index contributed by atoms with van der Waals surface area (Å²) in [5, 5.41) is 11.3. The predicted octanol–water partition coefficient (Wildman–Crippen LogP) is 1.58. The lowest BCUT2D eigenvalue weighted by Gasteiger charge is -2.02. The van der Waals surface area contributed by atoms with E-state index in [4.69, 9.17) is 5.11 Å². The molecule has 0 amide bonds. The summed E-state index contributed by atoms with van der Waals surface area (Å²) in [6, 6.07) is 3.88. The lowest BCUT2D eigenvalue weighted by atomic mass is 10.2. The van der Waals surface area contributed by atoms with Crippen LogP contribution in [-0.4, -0.2) is 33.3 Å². The van der Waals surface area contributed by atoms with Crippen molar-refractivity contribution in [3.8, 4) is 0 Å². The number of aryl methyl sites for hydroxylation is 1. The SMILES string of the molecule is C=C(C=O)CCCn1ncc2ncccc21.CO. The van der Waals surface area contributed by atoms with Crippen molar-refractivity contribution >= 4 is 17.3 Å².